The molecule has 0 unspecified atom stereocenters. The summed E-state index contributed by atoms with van der Waals surface area (Å²) in [5.41, 5.74) is 1.78. The average Bonchev–Trinajstić information content (AvgIpc) is 2.26. The van der Waals surface area contributed by atoms with Crippen molar-refractivity contribution in [2.75, 3.05) is 27.7 Å². The molecule has 0 saturated heterocycles. The Morgan fingerprint density at radius 3 is 2.25 bits per heavy atom. The van der Waals surface area contributed by atoms with Crippen LogP contribution in [0.3, 0.4) is 0 Å². The SMILES string of the molecule is CN(CC(=O)N(C)C)Cc1cc(F)cc(C(C)(C)C)c1. The lowest BCUT2D eigenvalue weighted by atomic mass is 9.86. The fourth-order valence-electron chi connectivity index (χ4n) is 1.91. The molecule has 0 spiro atoms. The Morgan fingerprint density at radius 1 is 1.15 bits per heavy atom. The van der Waals surface area contributed by atoms with Gasteiger partial charge in [0.15, 0.2) is 0 Å². The molecule has 20 heavy (non-hydrogen) atoms. The minimum absolute atomic E-state index is 0.0416. The summed E-state index contributed by atoms with van der Waals surface area (Å²) in [4.78, 5) is 15.1. The number of benzene rings is 1. The van der Waals surface area contributed by atoms with E-state index in [0.29, 0.717) is 13.1 Å². The number of hydrogen-bond acceptors (Lipinski definition) is 2. The van der Waals surface area contributed by atoms with Gasteiger partial charge in [-0.25, -0.2) is 4.39 Å². The second-order valence-electron chi connectivity index (χ2n) is 6.56. The zero-order valence-electron chi connectivity index (χ0n) is 13.3. The van der Waals surface area contributed by atoms with Gasteiger partial charge < -0.3 is 4.90 Å². The molecule has 0 aliphatic carbocycles. The molecule has 1 aromatic carbocycles. The quantitative estimate of drug-likeness (QED) is 0.846. The molecule has 0 saturated carbocycles. The van der Waals surface area contributed by atoms with E-state index in [4.69, 9.17) is 0 Å². The number of halogens is 1. The van der Waals surface area contributed by atoms with Crippen molar-refractivity contribution in [1.82, 2.24) is 9.80 Å². The second-order valence-corrected chi connectivity index (χ2v) is 6.56. The Hall–Kier alpha value is -1.42. The van der Waals surface area contributed by atoms with Crippen molar-refractivity contribution >= 4 is 5.91 Å². The van der Waals surface area contributed by atoms with Gasteiger partial charge in [-0.1, -0.05) is 26.8 Å². The molecule has 112 valence electrons. The molecule has 0 heterocycles. The molecule has 0 N–H and O–H groups in total. The largest absolute Gasteiger partial charge is 0.348 e. The summed E-state index contributed by atoms with van der Waals surface area (Å²) in [5, 5.41) is 0. The van der Waals surface area contributed by atoms with E-state index in [2.05, 4.69) is 20.8 Å². The van der Waals surface area contributed by atoms with Crippen LogP contribution in [0, 0.1) is 5.82 Å². The number of nitrogens with zero attached hydrogens (tertiary/aromatic N) is 2. The van der Waals surface area contributed by atoms with Gasteiger partial charge >= 0.3 is 0 Å². The summed E-state index contributed by atoms with van der Waals surface area (Å²) < 4.78 is 13.7. The summed E-state index contributed by atoms with van der Waals surface area (Å²) in [6, 6.07) is 5.13. The Bertz CT molecular complexity index is 478. The molecule has 1 amide bonds. The Balaban J connectivity index is 2.82. The van der Waals surface area contributed by atoms with Crippen molar-refractivity contribution in [1.29, 1.82) is 0 Å². The number of amides is 1. The monoisotopic (exact) mass is 280 g/mol. The maximum Gasteiger partial charge on any atom is 0.236 e. The van der Waals surface area contributed by atoms with E-state index >= 15 is 0 Å². The van der Waals surface area contributed by atoms with E-state index in [-0.39, 0.29) is 17.1 Å². The molecule has 4 heteroatoms. The van der Waals surface area contributed by atoms with Crippen LogP contribution in [0.1, 0.15) is 31.9 Å². The number of rotatable bonds is 4. The van der Waals surface area contributed by atoms with Crippen LogP contribution in [-0.4, -0.2) is 43.4 Å². The van der Waals surface area contributed by atoms with E-state index in [0.717, 1.165) is 11.1 Å². The first-order valence-corrected chi connectivity index (χ1v) is 6.78. The lowest BCUT2D eigenvalue weighted by Gasteiger charge is -2.22. The highest BCUT2D eigenvalue weighted by Gasteiger charge is 2.16. The van der Waals surface area contributed by atoms with Crippen molar-refractivity contribution in [3.63, 3.8) is 0 Å². The third-order valence-electron chi connectivity index (χ3n) is 3.18. The van der Waals surface area contributed by atoms with E-state index in [9.17, 15) is 9.18 Å². The van der Waals surface area contributed by atoms with Gasteiger partial charge in [0.25, 0.3) is 0 Å². The highest BCUT2D eigenvalue weighted by molar-refractivity contribution is 5.77. The summed E-state index contributed by atoms with van der Waals surface area (Å²) in [6.45, 7) is 7.06. The smallest absolute Gasteiger partial charge is 0.236 e. The molecule has 0 fully saturated rings. The van der Waals surface area contributed by atoms with Crippen molar-refractivity contribution in [2.24, 2.45) is 0 Å². The van der Waals surface area contributed by atoms with Gasteiger partial charge in [0.05, 0.1) is 6.54 Å². The zero-order valence-corrected chi connectivity index (χ0v) is 13.3. The summed E-state index contributed by atoms with van der Waals surface area (Å²) >= 11 is 0. The van der Waals surface area contributed by atoms with Crippen molar-refractivity contribution < 1.29 is 9.18 Å². The Kier molecular flexibility index (Phi) is 5.28. The van der Waals surface area contributed by atoms with Crippen molar-refractivity contribution in [3.8, 4) is 0 Å². The lowest BCUT2D eigenvalue weighted by molar-refractivity contribution is -0.129. The van der Waals surface area contributed by atoms with Gasteiger partial charge in [0.1, 0.15) is 5.82 Å². The normalized spacial score (nSPS) is 11.8. The number of hydrogen-bond donors (Lipinski definition) is 0. The molecule has 3 nitrogen and oxygen atoms in total. The van der Waals surface area contributed by atoms with Crippen LogP contribution in [-0.2, 0) is 16.8 Å². The molecule has 1 aromatic rings. The third kappa shape index (κ3) is 4.93. The first kappa shape index (κ1) is 16.6. The van der Waals surface area contributed by atoms with Gasteiger partial charge in [0.2, 0.25) is 5.91 Å². The van der Waals surface area contributed by atoms with Gasteiger partial charge in [-0.3, -0.25) is 9.69 Å². The standard InChI is InChI=1S/C16H25FN2O/c1-16(2,3)13-7-12(8-14(17)9-13)10-19(6)11-15(20)18(4)5/h7-9H,10-11H2,1-6H3. The van der Waals surface area contributed by atoms with Gasteiger partial charge in [-0.05, 0) is 35.7 Å². The molecular formula is C16H25FN2O. The van der Waals surface area contributed by atoms with Crippen LogP contribution in [0.15, 0.2) is 18.2 Å². The fraction of sp³-hybridized carbons (Fsp3) is 0.562. The molecule has 1 rings (SSSR count). The van der Waals surface area contributed by atoms with E-state index < -0.39 is 0 Å². The zero-order chi connectivity index (χ0) is 15.5. The molecule has 0 aliphatic rings. The predicted octanol–water partition coefficient (Wildman–Crippen LogP) is 2.64. The minimum atomic E-state index is -0.222. The number of carbonyl (C=O) groups is 1. The van der Waals surface area contributed by atoms with Gasteiger partial charge in [-0.2, -0.15) is 0 Å². The molecule has 0 aliphatic heterocycles. The van der Waals surface area contributed by atoms with E-state index in [1.54, 1.807) is 25.1 Å². The third-order valence-corrected chi connectivity index (χ3v) is 3.18. The van der Waals surface area contributed by atoms with Gasteiger partial charge in [-0.15, -0.1) is 0 Å². The van der Waals surface area contributed by atoms with Gasteiger partial charge in [0, 0.05) is 20.6 Å². The van der Waals surface area contributed by atoms with Crippen LogP contribution in [0.4, 0.5) is 4.39 Å². The predicted molar refractivity (Wildman–Crippen MR) is 80.1 cm³/mol. The van der Waals surface area contributed by atoms with Crippen molar-refractivity contribution in [3.05, 3.63) is 35.1 Å². The Labute approximate surface area is 121 Å². The van der Waals surface area contributed by atoms with Crippen LogP contribution in [0.5, 0.6) is 0 Å². The maximum absolute atomic E-state index is 13.7. The van der Waals surface area contributed by atoms with Crippen LogP contribution in [0.2, 0.25) is 0 Å². The average molecular weight is 280 g/mol. The highest BCUT2D eigenvalue weighted by Crippen LogP contribution is 2.24. The molecule has 0 bridgehead atoms. The Morgan fingerprint density at radius 2 is 1.75 bits per heavy atom. The van der Waals surface area contributed by atoms with Crippen LogP contribution >= 0.6 is 0 Å². The topological polar surface area (TPSA) is 23.6 Å². The van der Waals surface area contributed by atoms with Crippen LogP contribution < -0.4 is 0 Å². The number of carbonyl (C=O) groups excluding carboxylic acids is 1. The summed E-state index contributed by atoms with van der Waals surface area (Å²) in [5.74, 6) is -0.181. The first-order chi connectivity index (χ1) is 9.09. The maximum atomic E-state index is 13.7. The second kappa shape index (κ2) is 6.35. The summed E-state index contributed by atoms with van der Waals surface area (Å²) in [7, 11) is 5.33. The van der Waals surface area contributed by atoms with Crippen LogP contribution in [0.25, 0.3) is 0 Å². The first-order valence-electron chi connectivity index (χ1n) is 6.78. The molecule has 0 radical (unpaired) electrons. The lowest BCUT2D eigenvalue weighted by Crippen LogP contribution is -2.34. The fourth-order valence-corrected chi connectivity index (χ4v) is 1.91. The molecule has 0 aromatic heterocycles. The highest BCUT2D eigenvalue weighted by atomic mass is 19.1. The molecule has 0 atom stereocenters. The molecular weight excluding hydrogens is 255 g/mol. The van der Waals surface area contributed by atoms with E-state index in [1.165, 1.54) is 6.07 Å². The summed E-state index contributed by atoms with van der Waals surface area (Å²) in [6.07, 6.45) is 0. The van der Waals surface area contributed by atoms with Crippen molar-refractivity contribution in [2.45, 2.75) is 32.7 Å². The minimum Gasteiger partial charge on any atom is -0.348 e. The van der Waals surface area contributed by atoms with E-state index in [1.807, 2.05) is 18.0 Å². The number of likely N-dealkylation sites (N-methyl/N-ethyl adjacent to an activating group) is 2.